The monoisotopic (exact) mass is 349 g/mol. The van der Waals surface area contributed by atoms with E-state index in [1.807, 2.05) is 25.1 Å². The van der Waals surface area contributed by atoms with Gasteiger partial charge < -0.3 is 15.2 Å². The van der Waals surface area contributed by atoms with E-state index in [2.05, 4.69) is 21.2 Å². The molecule has 0 saturated heterocycles. The Bertz CT molecular complexity index is 671. The molecule has 0 unspecified atom stereocenters. The van der Waals surface area contributed by atoms with Gasteiger partial charge in [0.1, 0.15) is 0 Å². The molecule has 110 valence electrons. The molecule has 0 aliphatic carbocycles. The number of anilines is 1. The topological polar surface area (TPSA) is 58.6 Å². The summed E-state index contributed by atoms with van der Waals surface area (Å²) in [6, 6.07) is 10.5. The van der Waals surface area contributed by atoms with Gasteiger partial charge in [-0.25, -0.2) is 0 Å². The van der Waals surface area contributed by atoms with E-state index in [1.54, 1.807) is 18.2 Å². The van der Waals surface area contributed by atoms with Gasteiger partial charge in [0, 0.05) is 10.2 Å². The number of aryl methyl sites for hydroxylation is 1. The Balaban J connectivity index is 2.30. The molecule has 2 aromatic carbocycles. The molecule has 0 aliphatic rings. The molecule has 0 spiro atoms. The predicted octanol–water partition coefficient (Wildman–Crippen LogP) is 3.98. The van der Waals surface area contributed by atoms with Crippen LogP contribution < -0.4 is 10.1 Å². The maximum absolute atomic E-state index is 12.3. The number of para-hydroxylation sites is 1. The van der Waals surface area contributed by atoms with Crippen molar-refractivity contribution in [2.24, 2.45) is 0 Å². The second-order valence-corrected chi connectivity index (χ2v) is 5.38. The van der Waals surface area contributed by atoms with Crippen molar-refractivity contribution in [3.05, 3.63) is 52.0 Å². The van der Waals surface area contributed by atoms with Crippen LogP contribution in [-0.4, -0.2) is 18.1 Å². The number of halogens is 1. The zero-order chi connectivity index (χ0) is 15.4. The smallest absolute Gasteiger partial charge is 0.259 e. The molecule has 0 radical (unpaired) electrons. The first kappa shape index (κ1) is 15.4. The summed E-state index contributed by atoms with van der Waals surface area (Å²) in [6.45, 7) is 2.01. The van der Waals surface area contributed by atoms with Gasteiger partial charge in [-0.05, 0) is 42.3 Å². The summed E-state index contributed by atoms with van der Waals surface area (Å²) in [7, 11) is 1.45. The Labute approximate surface area is 131 Å². The summed E-state index contributed by atoms with van der Waals surface area (Å²) in [6.07, 6.45) is 0.791. The summed E-state index contributed by atoms with van der Waals surface area (Å²) in [5.74, 6) is -0.259. The number of phenols is 1. The molecule has 0 heterocycles. The number of phenolic OH excluding ortho intramolecular Hbond substituents is 1. The minimum Gasteiger partial charge on any atom is -0.504 e. The maximum Gasteiger partial charge on any atom is 0.259 e. The lowest BCUT2D eigenvalue weighted by Gasteiger charge is -2.12. The third-order valence-electron chi connectivity index (χ3n) is 3.16. The van der Waals surface area contributed by atoms with Crippen molar-refractivity contribution in [1.82, 2.24) is 0 Å². The number of rotatable bonds is 4. The number of methoxy groups -OCH3 is 1. The van der Waals surface area contributed by atoms with Crippen molar-refractivity contribution < 1.29 is 14.6 Å². The Morgan fingerprint density at radius 1 is 1.33 bits per heavy atom. The first-order valence-electron chi connectivity index (χ1n) is 6.52. The summed E-state index contributed by atoms with van der Waals surface area (Å²) in [5.41, 5.74) is 1.92. The number of hydrogen-bond acceptors (Lipinski definition) is 3. The third-order valence-corrected chi connectivity index (χ3v) is 3.65. The number of benzene rings is 2. The average Bonchev–Trinajstić information content (AvgIpc) is 2.49. The number of aromatic hydroxyl groups is 1. The van der Waals surface area contributed by atoms with Crippen molar-refractivity contribution >= 4 is 27.5 Å². The van der Waals surface area contributed by atoms with E-state index in [9.17, 15) is 9.90 Å². The fourth-order valence-electron chi connectivity index (χ4n) is 2.04. The normalized spacial score (nSPS) is 10.2. The molecule has 2 aromatic rings. The van der Waals surface area contributed by atoms with E-state index in [0.29, 0.717) is 0 Å². The van der Waals surface area contributed by atoms with Crippen LogP contribution in [0.2, 0.25) is 0 Å². The van der Waals surface area contributed by atoms with Crippen LogP contribution in [0.3, 0.4) is 0 Å². The lowest BCUT2D eigenvalue weighted by Crippen LogP contribution is -2.13. The van der Waals surface area contributed by atoms with Crippen LogP contribution in [0.5, 0.6) is 11.5 Å². The molecule has 0 fully saturated rings. The van der Waals surface area contributed by atoms with Crippen LogP contribution in [-0.2, 0) is 6.42 Å². The highest BCUT2D eigenvalue weighted by molar-refractivity contribution is 9.10. The molecular formula is C16H16BrNO3. The average molecular weight is 350 g/mol. The Morgan fingerprint density at radius 3 is 2.76 bits per heavy atom. The molecule has 0 saturated carbocycles. The van der Waals surface area contributed by atoms with Gasteiger partial charge in [0.2, 0.25) is 0 Å². The lowest BCUT2D eigenvalue weighted by molar-refractivity contribution is 0.102. The zero-order valence-electron chi connectivity index (χ0n) is 11.8. The van der Waals surface area contributed by atoms with E-state index < -0.39 is 0 Å². The number of carbonyl (C=O) groups is 1. The Morgan fingerprint density at radius 2 is 2.10 bits per heavy atom. The molecule has 0 bridgehead atoms. The van der Waals surface area contributed by atoms with E-state index in [-0.39, 0.29) is 23.0 Å². The van der Waals surface area contributed by atoms with E-state index >= 15 is 0 Å². The van der Waals surface area contributed by atoms with E-state index in [1.165, 1.54) is 7.11 Å². The Hall–Kier alpha value is -2.01. The van der Waals surface area contributed by atoms with Crippen LogP contribution in [0.1, 0.15) is 22.8 Å². The second kappa shape index (κ2) is 6.63. The van der Waals surface area contributed by atoms with Gasteiger partial charge in [-0.15, -0.1) is 0 Å². The van der Waals surface area contributed by atoms with Gasteiger partial charge in [0.15, 0.2) is 11.5 Å². The molecule has 0 aromatic heterocycles. The number of amides is 1. The molecule has 4 nitrogen and oxygen atoms in total. The summed E-state index contributed by atoms with van der Waals surface area (Å²) in [4.78, 5) is 12.3. The van der Waals surface area contributed by atoms with E-state index in [4.69, 9.17) is 4.74 Å². The highest BCUT2D eigenvalue weighted by Gasteiger charge is 2.15. The lowest BCUT2D eigenvalue weighted by atomic mass is 10.1. The van der Waals surface area contributed by atoms with Gasteiger partial charge in [-0.2, -0.15) is 0 Å². The quantitative estimate of drug-likeness (QED) is 0.877. The van der Waals surface area contributed by atoms with Gasteiger partial charge in [0.05, 0.1) is 12.7 Å². The molecule has 21 heavy (non-hydrogen) atoms. The molecule has 2 N–H and O–H groups in total. The number of hydrogen-bond donors (Lipinski definition) is 2. The van der Waals surface area contributed by atoms with E-state index in [0.717, 1.165) is 22.1 Å². The highest BCUT2D eigenvalue weighted by atomic mass is 79.9. The molecule has 1 amide bonds. The first-order valence-corrected chi connectivity index (χ1v) is 7.31. The van der Waals surface area contributed by atoms with Crippen LogP contribution >= 0.6 is 15.9 Å². The molecule has 5 heteroatoms. The van der Waals surface area contributed by atoms with Crippen molar-refractivity contribution in [3.8, 4) is 11.5 Å². The standard InChI is InChI=1S/C16H16BrNO3/c1-3-10-9-11(17)7-8-13(10)18-16(20)12-5-4-6-14(21-2)15(12)19/h4-9,19H,3H2,1-2H3,(H,18,20). The molecule has 2 rings (SSSR count). The van der Waals surface area contributed by atoms with Crippen LogP contribution in [0.4, 0.5) is 5.69 Å². The van der Waals surface area contributed by atoms with Crippen molar-refractivity contribution in [2.45, 2.75) is 13.3 Å². The van der Waals surface area contributed by atoms with Crippen LogP contribution in [0.25, 0.3) is 0 Å². The Kier molecular flexibility index (Phi) is 4.85. The second-order valence-electron chi connectivity index (χ2n) is 4.47. The van der Waals surface area contributed by atoms with Crippen molar-refractivity contribution in [1.29, 1.82) is 0 Å². The fourth-order valence-corrected chi connectivity index (χ4v) is 2.45. The predicted molar refractivity (Wildman–Crippen MR) is 86.1 cm³/mol. The highest BCUT2D eigenvalue weighted by Crippen LogP contribution is 2.30. The van der Waals surface area contributed by atoms with Crippen molar-refractivity contribution in [3.63, 3.8) is 0 Å². The fraction of sp³-hybridized carbons (Fsp3) is 0.188. The van der Waals surface area contributed by atoms with Crippen LogP contribution in [0.15, 0.2) is 40.9 Å². The minimum absolute atomic E-state index is 0.160. The first-order chi connectivity index (χ1) is 10.1. The van der Waals surface area contributed by atoms with Gasteiger partial charge >= 0.3 is 0 Å². The molecule has 0 atom stereocenters. The summed E-state index contributed by atoms with van der Waals surface area (Å²) in [5, 5.41) is 12.8. The largest absolute Gasteiger partial charge is 0.504 e. The summed E-state index contributed by atoms with van der Waals surface area (Å²) < 4.78 is 5.97. The molecule has 0 aliphatic heterocycles. The SMILES string of the molecule is CCc1cc(Br)ccc1NC(=O)c1cccc(OC)c1O. The minimum atomic E-state index is -0.372. The van der Waals surface area contributed by atoms with Gasteiger partial charge in [0.25, 0.3) is 5.91 Å². The molecular weight excluding hydrogens is 334 g/mol. The van der Waals surface area contributed by atoms with Gasteiger partial charge in [-0.3, -0.25) is 4.79 Å². The summed E-state index contributed by atoms with van der Waals surface area (Å²) >= 11 is 3.41. The van der Waals surface area contributed by atoms with Crippen molar-refractivity contribution in [2.75, 3.05) is 12.4 Å². The number of nitrogens with one attached hydrogen (secondary N) is 1. The third kappa shape index (κ3) is 3.36. The number of carbonyl (C=O) groups excluding carboxylic acids is 1. The van der Waals surface area contributed by atoms with Gasteiger partial charge in [-0.1, -0.05) is 28.9 Å². The maximum atomic E-state index is 12.3. The number of ether oxygens (including phenoxy) is 1. The zero-order valence-corrected chi connectivity index (χ0v) is 13.4. The van der Waals surface area contributed by atoms with Crippen LogP contribution in [0, 0.1) is 0 Å².